The SMILES string of the molecule is C1CCCCCCSSSSSSSCCCCCC1. The Morgan fingerprint density at radius 3 is 1.00 bits per heavy atom. The first-order chi connectivity index (χ1) is 10.0. The van der Waals surface area contributed by atoms with Crippen molar-refractivity contribution in [2.45, 2.75) is 70.6 Å². The minimum Gasteiger partial charge on any atom is -0.0817 e. The van der Waals surface area contributed by atoms with Gasteiger partial charge in [-0.2, -0.15) is 0 Å². The molecule has 1 rings (SSSR count). The molecule has 1 heterocycles. The molecule has 0 nitrogen and oxygen atoms in total. The van der Waals surface area contributed by atoms with Gasteiger partial charge in [-0.25, -0.2) is 0 Å². The molecule has 0 aromatic heterocycles. The average Bonchev–Trinajstić information content (AvgIpc) is 2.46. The van der Waals surface area contributed by atoms with E-state index in [1.54, 1.807) is 0 Å². The summed E-state index contributed by atoms with van der Waals surface area (Å²) in [5.41, 5.74) is 0. The van der Waals surface area contributed by atoms with Gasteiger partial charge in [0, 0.05) is 11.5 Å². The monoisotopic (exact) mass is 406 g/mol. The maximum atomic E-state index is 2.03. The lowest BCUT2D eigenvalue weighted by Gasteiger charge is -2.04. The molecule has 7 heteroatoms. The Balaban J connectivity index is 2.00. The zero-order valence-electron chi connectivity index (χ0n) is 12.1. The Hall–Kier alpha value is 2.45. The molecule has 1 aliphatic rings. The van der Waals surface area contributed by atoms with Gasteiger partial charge < -0.3 is 0 Å². The molecular formula is C13H26S7. The molecule has 0 spiro atoms. The lowest BCUT2D eigenvalue weighted by Crippen LogP contribution is -1.84. The standard InChI is InChI=1S/C13H26S7/c1-2-4-6-8-10-12-14-16-18-20-19-17-15-13-11-9-7-5-3-1/h1-13H2. The summed E-state index contributed by atoms with van der Waals surface area (Å²) in [6.45, 7) is 0. The molecule has 0 unspecified atom stereocenters. The molecule has 0 saturated carbocycles. The molecule has 0 aromatic carbocycles. The summed E-state index contributed by atoms with van der Waals surface area (Å²) < 4.78 is 0. The third kappa shape index (κ3) is 15.3. The van der Waals surface area contributed by atoms with Gasteiger partial charge >= 0.3 is 0 Å². The van der Waals surface area contributed by atoms with Crippen LogP contribution in [0.15, 0.2) is 0 Å². The Labute approximate surface area is 151 Å². The van der Waals surface area contributed by atoms with Crippen LogP contribution in [-0.4, -0.2) is 11.5 Å². The zero-order chi connectivity index (χ0) is 14.1. The highest BCUT2D eigenvalue weighted by Gasteiger charge is 1.98. The van der Waals surface area contributed by atoms with E-state index >= 15 is 0 Å². The minimum absolute atomic E-state index is 1.32. The summed E-state index contributed by atoms with van der Waals surface area (Å²) in [5.74, 6) is 2.65. The van der Waals surface area contributed by atoms with Gasteiger partial charge in [0.1, 0.15) is 0 Å². The largest absolute Gasteiger partial charge is 0.0817 e. The Bertz CT molecular complexity index is 105. The van der Waals surface area contributed by atoms with E-state index in [2.05, 4.69) is 0 Å². The number of hydrogen-bond acceptors (Lipinski definition) is 7. The van der Waals surface area contributed by atoms with Crippen molar-refractivity contribution >= 4 is 70.7 Å². The summed E-state index contributed by atoms with van der Waals surface area (Å²) in [6, 6.07) is 0. The molecule has 1 saturated heterocycles. The molecule has 1 fully saturated rings. The van der Waals surface area contributed by atoms with Gasteiger partial charge in [-0.05, 0) is 62.0 Å². The summed E-state index contributed by atoms with van der Waals surface area (Å²) in [7, 11) is 13.8. The van der Waals surface area contributed by atoms with Gasteiger partial charge in [0.05, 0.1) is 0 Å². The molecule has 20 heavy (non-hydrogen) atoms. The van der Waals surface area contributed by atoms with Crippen LogP contribution in [0.5, 0.6) is 0 Å². The Morgan fingerprint density at radius 2 is 0.600 bits per heavy atom. The first-order valence-electron chi connectivity index (χ1n) is 7.58. The smallest absolute Gasteiger partial charge is 0.00454 e. The summed E-state index contributed by atoms with van der Waals surface area (Å²) in [4.78, 5) is 0. The highest BCUT2D eigenvalue weighted by atomic mass is 33.9. The van der Waals surface area contributed by atoms with Crippen molar-refractivity contribution in [3.8, 4) is 0 Å². The van der Waals surface area contributed by atoms with Crippen LogP contribution in [0.25, 0.3) is 0 Å². The van der Waals surface area contributed by atoms with Crippen LogP contribution in [0.3, 0.4) is 0 Å². The fourth-order valence-electron chi connectivity index (χ4n) is 2.05. The fraction of sp³-hybridized carbons (Fsp3) is 1.00. The van der Waals surface area contributed by atoms with Crippen molar-refractivity contribution in [2.75, 3.05) is 11.5 Å². The maximum Gasteiger partial charge on any atom is 0.00454 e. The van der Waals surface area contributed by atoms with Gasteiger partial charge in [-0.3, -0.25) is 0 Å². The Morgan fingerprint density at radius 1 is 0.300 bits per heavy atom. The van der Waals surface area contributed by atoms with Gasteiger partial charge in [0.25, 0.3) is 0 Å². The number of hydrogen-bond donors (Lipinski definition) is 0. The first-order valence-corrected chi connectivity index (χ1v) is 16.7. The molecule has 0 atom stereocenters. The van der Waals surface area contributed by atoms with E-state index in [4.69, 9.17) is 0 Å². The van der Waals surface area contributed by atoms with Crippen molar-refractivity contribution in [1.29, 1.82) is 0 Å². The predicted molar refractivity (Wildman–Crippen MR) is 114 cm³/mol. The normalized spacial score (nSPS) is 24.0. The second-order valence-electron chi connectivity index (χ2n) is 4.87. The van der Waals surface area contributed by atoms with E-state index in [-0.39, 0.29) is 0 Å². The highest BCUT2D eigenvalue weighted by molar-refractivity contribution is 9.45. The van der Waals surface area contributed by atoms with Crippen LogP contribution >= 0.6 is 70.7 Å². The van der Waals surface area contributed by atoms with E-state index in [0.29, 0.717) is 0 Å². The number of rotatable bonds is 0. The molecule has 0 radical (unpaired) electrons. The van der Waals surface area contributed by atoms with Crippen LogP contribution in [0.2, 0.25) is 0 Å². The lowest BCUT2D eigenvalue weighted by molar-refractivity contribution is 0.555. The van der Waals surface area contributed by atoms with E-state index in [0.717, 1.165) is 0 Å². The van der Waals surface area contributed by atoms with Gasteiger partial charge in [0.2, 0.25) is 0 Å². The third-order valence-electron chi connectivity index (χ3n) is 3.16. The third-order valence-corrected chi connectivity index (χ3v) is 16.5. The fourth-order valence-corrected chi connectivity index (χ4v) is 16.6. The van der Waals surface area contributed by atoms with Crippen LogP contribution in [-0.2, 0) is 0 Å². The zero-order valence-corrected chi connectivity index (χ0v) is 17.8. The molecule has 0 aromatic rings. The van der Waals surface area contributed by atoms with Crippen molar-refractivity contribution in [3.05, 3.63) is 0 Å². The lowest BCUT2D eigenvalue weighted by atomic mass is 10.1. The van der Waals surface area contributed by atoms with E-state index in [1.165, 1.54) is 82.1 Å². The van der Waals surface area contributed by atoms with Crippen LogP contribution < -0.4 is 0 Å². The van der Waals surface area contributed by atoms with Crippen LogP contribution in [0, 0.1) is 0 Å². The second-order valence-corrected chi connectivity index (χ2v) is 16.4. The van der Waals surface area contributed by atoms with Crippen LogP contribution in [0.4, 0.5) is 0 Å². The van der Waals surface area contributed by atoms with Gasteiger partial charge in [-0.1, -0.05) is 79.4 Å². The molecule has 0 bridgehead atoms. The molecule has 0 N–H and O–H groups in total. The molecule has 0 aliphatic carbocycles. The van der Waals surface area contributed by atoms with Crippen molar-refractivity contribution < 1.29 is 0 Å². The molecule has 1 aliphatic heterocycles. The van der Waals surface area contributed by atoms with Crippen molar-refractivity contribution in [3.63, 3.8) is 0 Å². The highest BCUT2D eigenvalue weighted by Crippen LogP contribution is 2.55. The molecule has 0 amide bonds. The van der Waals surface area contributed by atoms with E-state index < -0.39 is 0 Å². The van der Waals surface area contributed by atoms with Gasteiger partial charge in [-0.15, -0.1) is 0 Å². The van der Waals surface area contributed by atoms with Crippen LogP contribution in [0.1, 0.15) is 70.6 Å². The first kappa shape index (κ1) is 20.5. The maximum absolute atomic E-state index is 2.03. The summed E-state index contributed by atoms with van der Waals surface area (Å²) in [5, 5.41) is 0. The average molecular weight is 407 g/mol. The quantitative estimate of drug-likeness (QED) is 0.363. The Kier molecular flexibility index (Phi) is 18.2. The molecule has 120 valence electrons. The van der Waals surface area contributed by atoms with Crippen molar-refractivity contribution in [1.82, 2.24) is 0 Å². The summed E-state index contributed by atoms with van der Waals surface area (Å²) in [6.07, 6.45) is 15.9. The predicted octanol–water partition coefficient (Wildman–Crippen LogP) is 8.91. The summed E-state index contributed by atoms with van der Waals surface area (Å²) >= 11 is 0. The second kappa shape index (κ2) is 17.8. The van der Waals surface area contributed by atoms with Gasteiger partial charge in [0.15, 0.2) is 0 Å². The topological polar surface area (TPSA) is 0 Å². The molecular weight excluding hydrogens is 381 g/mol. The van der Waals surface area contributed by atoms with E-state index in [1.807, 2.05) is 70.7 Å². The van der Waals surface area contributed by atoms with E-state index in [9.17, 15) is 0 Å². The minimum atomic E-state index is 1.32. The van der Waals surface area contributed by atoms with Crippen molar-refractivity contribution in [2.24, 2.45) is 0 Å².